The van der Waals surface area contributed by atoms with Gasteiger partial charge in [-0.25, -0.2) is 0 Å². The fraction of sp³-hybridized carbons (Fsp3) is 0.100. The summed E-state index contributed by atoms with van der Waals surface area (Å²) in [6.45, 7) is 9.92. The monoisotopic (exact) mass is 260 g/mol. The summed E-state index contributed by atoms with van der Waals surface area (Å²) in [5.74, 6) is 0. The third-order valence-electron chi connectivity index (χ3n) is 3.42. The Morgan fingerprint density at radius 1 is 1.15 bits per heavy atom. The lowest BCUT2D eigenvalue weighted by Crippen LogP contribution is -1.97. The Hall–Kier alpha value is -2.34. The van der Waals surface area contributed by atoms with E-state index in [1.54, 1.807) is 0 Å². The largest absolute Gasteiger partial charge is 0.0990 e. The van der Waals surface area contributed by atoms with Crippen molar-refractivity contribution in [2.45, 2.75) is 13.3 Å². The standard InChI is InChI=1S/C20H20/c1-4-11-17(5-2)20(18-13-7-6-8-14-18)19-15-10-9-12-16(19)3/h4-13,15H,1-2,14H2,3H3/b17-11-,20-18+. The summed E-state index contributed by atoms with van der Waals surface area (Å²) in [5.41, 5.74) is 6.21. The van der Waals surface area contributed by atoms with Crippen LogP contribution in [0.25, 0.3) is 5.57 Å². The van der Waals surface area contributed by atoms with Crippen LogP contribution in [-0.4, -0.2) is 0 Å². The maximum absolute atomic E-state index is 3.96. The van der Waals surface area contributed by atoms with E-state index in [2.05, 4.69) is 68.7 Å². The number of hydrogen-bond donors (Lipinski definition) is 0. The van der Waals surface area contributed by atoms with Gasteiger partial charge in [0.2, 0.25) is 0 Å². The summed E-state index contributed by atoms with van der Waals surface area (Å²) < 4.78 is 0. The highest BCUT2D eigenvalue weighted by Crippen LogP contribution is 2.33. The third-order valence-corrected chi connectivity index (χ3v) is 3.42. The minimum absolute atomic E-state index is 0.947. The van der Waals surface area contributed by atoms with Gasteiger partial charge in [-0.1, -0.05) is 80.0 Å². The number of allylic oxidation sites excluding steroid dienone is 10. The SMILES string of the molecule is C=C/C=C(C=C)\C(=C1\C=CC=CC1)c1ccccc1C. The van der Waals surface area contributed by atoms with Gasteiger partial charge in [-0.2, -0.15) is 0 Å². The van der Waals surface area contributed by atoms with E-state index < -0.39 is 0 Å². The van der Waals surface area contributed by atoms with Gasteiger partial charge in [0, 0.05) is 0 Å². The predicted octanol–water partition coefficient (Wildman–Crippen LogP) is 5.56. The van der Waals surface area contributed by atoms with Gasteiger partial charge in [0.05, 0.1) is 0 Å². The van der Waals surface area contributed by atoms with Crippen molar-refractivity contribution in [2.24, 2.45) is 0 Å². The molecule has 1 aromatic carbocycles. The molecule has 0 atom stereocenters. The van der Waals surface area contributed by atoms with Crippen LogP contribution in [-0.2, 0) is 0 Å². The molecule has 0 heteroatoms. The highest BCUT2D eigenvalue weighted by molar-refractivity contribution is 5.87. The summed E-state index contributed by atoms with van der Waals surface area (Å²) in [6, 6.07) is 8.47. The molecule has 100 valence electrons. The van der Waals surface area contributed by atoms with Crippen LogP contribution in [0.1, 0.15) is 17.5 Å². The first-order chi connectivity index (χ1) is 9.77. The summed E-state index contributed by atoms with van der Waals surface area (Å²) in [5, 5.41) is 0. The van der Waals surface area contributed by atoms with E-state index >= 15 is 0 Å². The van der Waals surface area contributed by atoms with Gasteiger partial charge < -0.3 is 0 Å². The molecule has 1 aliphatic rings. The van der Waals surface area contributed by atoms with E-state index in [4.69, 9.17) is 0 Å². The van der Waals surface area contributed by atoms with Crippen molar-refractivity contribution >= 4 is 5.57 Å². The first-order valence-electron chi connectivity index (χ1n) is 6.86. The van der Waals surface area contributed by atoms with E-state index in [0.717, 1.165) is 12.0 Å². The summed E-state index contributed by atoms with van der Waals surface area (Å²) in [4.78, 5) is 0. The molecule has 0 aromatic heterocycles. The lowest BCUT2D eigenvalue weighted by molar-refractivity contribution is 1.25. The van der Waals surface area contributed by atoms with Gasteiger partial charge in [0.1, 0.15) is 0 Å². The van der Waals surface area contributed by atoms with Crippen molar-refractivity contribution in [2.75, 3.05) is 0 Å². The Labute approximate surface area is 121 Å². The molecule has 0 aliphatic heterocycles. The molecule has 20 heavy (non-hydrogen) atoms. The fourth-order valence-corrected chi connectivity index (χ4v) is 2.45. The first-order valence-corrected chi connectivity index (χ1v) is 6.86. The van der Waals surface area contributed by atoms with Gasteiger partial charge in [0.25, 0.3) is 0 Å². The predicted molar refractivity (Wildman–Crippen MR) is 89.5 cm³/mol. The van der Waals surface area contributed by atoms with Crippen molar-refractivity contribution in [3.63, 3.8) is 0 Å². The molecule has 0 heterocycles. The molecular formula is C20H20. The van der Waals surface area contributed by atoms with Crippen LogP contribution < -0.4 is 0 Å². The Balaban J connectivity index is 2.68. The number of hydrogen-bond acceptors (Lipinski definition) is 0. The summed E-state index contributed by atoms with van der Waals surface area (Å²) >= 11 is 0. The molecule has 0 amide bonds. The van der Waals surface area contributed by atoms with E-state index in [1.165, 1.54) is 22.3 Å². The molecule has 0 unspecified atom stereocenters. The van der Waals surface area contributed by atoms with Crippen molar-refractivity contribution in [3.05, 3.63) is 102 Å². The van der Waals surface area contributed by atoms with E-state index in [1.807, 2.05) is 18.2 Å². The molecule has 0 spiro atoms. The number of rotatable bonds is 4. The second kappa shape index (κ2) is 6.72. The topological polar surface area (TPSA) is 0 Å². The van der Waals surface area contributed by atoms with Crippen molar-refractivity contribution in [3.8, 4) is 0 Å². The van der Waals surface area contributed by atoms with Crippen LogP contribution in [0.3, 0.4) is 0 Å². The smallest absolute Gasteiger partial charge is 0.00737 e. The van der Waals surface area contributed by atoms with Crippen LogP contribution in [0.15, 0.2) is 91.1 Å². The zero-order chi connectivity index (χ0) is 14.4. The average Bonchev–Trinajstić information content (AvgIpc) is 2.49. The van der Waals surface area contributed by atoms with Crippen LogP contribution >= 0.6 is 0 Å². The lowest BCUT2D eigenvalue weighted by atomic mass is 9.87. The second-order valence-corrected chi connectivity index (χ2v) is 4.77. The number of aryl methyl sites for hydroxylation is 1. The fourth-order valence-electron chi connectivity index (χ4n) is 2.45. The second-order valence-electron chi connectivity index (χ2n) is 4.77. The van der Waals surface area contributed by atoms with Gasteiger partial charge in [-0.3, -0.25) is 0 Å². The van der Waals surface area contributed by atoms with Crippen LogP contribution in [0.5, 0.6) is 0 Å². The molecule has 2 rings (SSSR count). The maximum atomic E-state index is 3.96. The van der Waals surface area contributed by atoms with Crippen LogP contribution in [0.2, 0.25) is 0 Å². The van der Waals surface area contributed by atoms with Gasteiger partial charge in [-0.05, 0) is 41.2 Å². The van der Waals surface area contributed by atoms with Crippen molar-refractivity contribution < 1.29 is 0 Å². The molecular weight excluding hydrogens is 240 g/mol. The Morgan fingerprint density at radius 2 is 1.95 bits per heavy atom. The Morgan fingerprint density at radius 3 is 2.55 bits per heavy atom. The maximum Gasteiger partial charge on any atom is -0.00737 e. The lowest BCUT2D eigenvalue weighted by Gasteiger charge is -2.17. The molecule has 0 bridgehead atoms. The summed E-state index contributed by atoms with van der Waals surface area (Å²) in [6.07, 6.45) is 15.2. The third kappa shape index (κ3) is 2.97. The van der Waals surface area contributed by atoms with Crippen LogP contribution in [0, 0.1) is 6.92 Å². The quantitative estimate of drug-likeness (QED) is 0.621. The molecule has 1 aromatic rings. The van der Waals surface area contributed by atoms with Gasteiger partial charge in [0.15, 0.2) is 0 Å². The Kier molecular flexibility index (Phi) is 4.73. The average molecular weight is 260 g/mol. The molecule has 0 N–H and O–H groups in total. The minimum atomic E-state index is 0.947. The summed E-state index contributed by atoms with van der Waals surface area (Å²) in [7, 11) is 0. The zero-order valence-corrected chi connectivity index (χ0v) is 12.0. The zero-order valence-electron chi connectivity index (χ0n) is 12.0. The molecule has 0 saturated heterocycles. The van der Waals surface area contributed by atoms with Crippen molar-refractivity contribution in [1.82, 2.24) is 0 Å². The molecule has 0 radical (unpaired) electrons. The highest BCUT2D eigenvalue weighted by atomic mass is 14.2. The van der Waals surface area contributed by atoms with Crippen LogP contribution in [0.4, 0.5) is 0 Å². The van der Waals surface area contributed by atoms with E-state index in [0.29, 0.717) is 0 Å². The normalized spacial score (nSPS) is 16.9. The molecule has 1 aliphatic carbocycles. The highest BCUT2D eigenvalue weighted by Gasteiger charge is 2.12. The molecule has 0 saturated carbocycles. The van der Waals surface area contributed by atoms with Gasteiger partial charge >= 0.3 is 0 Å². The number of benzene rings is 1. The molecule has 0 nitrogen and oxygen atoms in total. The Bertz CT molecular complexity index is 634. The van der Waals surface area contributed by atoms with E-state index in [-0.39, 0.29) is 0 Å². The molecule has 0 fully saturated rings. The van der Waals surface area contributed by atoms with Crippen molar-refractivity contribution in [1.29, 1.82) is 0 Å². The van der Waals surface area contributed by atoms with Gasteiger partial charge in [-0.15, -0.1) is 0 Å². The minimum Gasteiger partial charge on any atom is -0.0990 e. The van der Waals surface area contributed by atoms with E-state index in [9.17, 15) is 0 Å². The first kappa shape index (κ1) is 14.1.